The number of halogens is 4. The Kier molecular flexibility index (Phi) is 6.68. The number of carboxylic acid groups (broad SMARTS) is 1. The van der Waals surface area contributed by atoms with Crippen LogP contribution in [0.3, 0.4) is 0 Å². The van der Waals surface area contributed by atoms with Crippen LogP contribution >= 0.6 is 12.4 Å². The summed E-state index contributed by atoms with van der Waals surface area (Å²) in [4.78, 5) is 12.8. The van der Waals surface area contributed by atoms with Gasteiger partial charge < -0.3 is 10.0 Å². The van der Waals surface area contributed by atoms with Crippen LogP contribution < -0.4 is 0 Å². The van der Waals surface area contributed by atoms with Crippen molar-refractivity contribution in [2.75, 3.05) is 19.6 Å². The largest absolute Gasteiger partial charge is 0.478 e. The van der Waals surface area contributed by atoms with Crippen LogP contribution in [0.15, 0.2) is 24.3 Å². The molecule has 3 nitrogen and oxygen atoms in total. The molecule has 22 heavy (non-hydrogen) atoms. The van der Waals surface area contributed by atoms with Crippen LogP contribution in [0.4, 0.5) is 13.2 Å². The second-order valence-electron chi connectivity index (χ2n) is 5.41. The number of likely N-dealkylation sites (tertiary alicyclic amines) is 1. The molecule has 7 heteroatoms. The van der Waals surface area contributed by atoms with Crippen molar-refractivity contribution in [3.8, 4) is 0 Å². The lowest BCUT2D eigenvalue weighted by Gasteiger charge is -2.32. The zero-order valence-electron chi connectivity index (χ0n) is 12.0. The topological polar surface area (TPSA) is 40.5 Å². The second kappa shape index (κ2) is 7.83. The molecule has 2 rings (SSSR count). The van der Waals surface area contributed by atoms with Gasteiger partial charge in [-0.2, -0.15) is 13.2 Å². The number of aromatic carboxylic acids is 1. The van der Waals surface area contributed by atoms with E-state index in [0.29, 0.717) is 19.6 Å². The summed E-state index contributed by atoms with van der Waals surface area (Å²) in [5.41, 5.74) is 1.24. The summed E-state index contributed by atoms with van der Waals surface area (Å²) in [5.74, 6) is -2.13. The number of hydrogen-bond acceptors (Lipinski definition) is 2. The molecule has 0 aliphatic carbocycles. The average Bonchev–Trinajstić information content (AvgIpc) is 2.45. The van der Waals surface area contributed by atoms with Gasteiger partial charge in [0, 0.05) is 6.54 Å². The minimum atomic E-state index is -4.07. The van der Waals surface area contributed by atoms with Crippen molar-refractivity contribution in [3.63, 3.8) is 0 Å². The zero-order chi connectivity index (χ0) is 15.5. The highest BCUT2D eigenvalue weighted by molar-refractivity contribution is 5.87. The van der Waals surface area contributed by atoms with Gasteiger partial charge in [-0.15, -0.1) is 12.4 Å². The summed E-state index contributed by atoms with van der Waals surface area (Å²) >= 11 is 0. The number of benzene rings is 1. The molecule has 1 aromatic rings. The Labute approximate surface area is 133 Å². The number of carboxylic acids is 1. The van der Waals surface area contributed by atoms with E-state index in [1.54, 1.807) is 24.3 Å². The third-order valence-corrected chi connectivity index (χ3v) is 3.97. The molecule has 0 saturated carbocycles. The van der Waals surface area contributed by atoms with Gasteiger partial charge in [-0.3, -0.25) is 0 Å². The molecule has 0 bridgehead atoms. The molecule has 0 aromatic heterocycles. The molecule has 0 amide bonds. The zero-order valence-corrected chi connectivity index (χ0v) is 12.8. The quantitative estimate of drug-likeness (QED) is 0.912. The summed E-state index contributed by atoms with van der Waals surface area (Å²) < 4.78 is 37.7. The number of nitrogens with zero attached hydrogens (tertiary/aromatic N) is 1. The number of hydrogen-bond donors (Lipinski definition) is 1. The van der Waals surface area contributed by atoms with Crippen molar-refractivity contribution in [1.29, 1.82) is 0 Å². The summed E-state index contributed by atoms with van der Waals surface area (Å²) in [6.07, 6.45) is -3.02. The van der Waals surface area contributed by atoms with E-state index >= 15 is 0 Å². The molecule has 1 heterocycles. The number of carbonyl (C=O) groups is 1. The minimum Gasteiger partial charge on any atom is -0.478 e. The molecule has 1 N–H and O–H groups in total. The fraction of sp³-hybridized carbons (Fsp3) is 0.533. The van der Waals surface area contributed by atoms with Gasteiger partial charge in [0.15, 0.2) is 0 Å². The van der Waals surface area contributed by atoms with Gasteiger partial charge in [0.25, 0.3) is 0 Å². The van der Waals surface area contributed by atoms with E-state index in [-0.39, 0.29) is 30.8 Å². The highest BCUT2D eigenvalue weighted by Gasteiger charge is 2.40. The van der Waals surface area contributed by atoms with E-state index in [1.807, 2.05) is 4.90 Å². The minimum absolute atomic E-state index is 0. The van der Waals surface area contributed by atoms with Crippen LogP contribution in [0.1, 0.15) is 28.8 Å². The summed E-state index contributed by atoms with van der Waals surface area (Å²) in [7, 11) is 0. The number of piperidine rings is 1. The van der Waals surface area contributed by atoms with Crippen molar-refractivity contribution in [3.05, 3.63) is 35.4 Å². The Morgan fingerprint density at radius 3 is 2.18 bits per heavy atom. The van der Waals surface area contributed by atoms with E-state index in [0.717, 1.165) is 12.0 Å². The van der Waals surface area contributed by atoms with E-state index in [2.05, 4.69) is 0 Å². The molecule has 1 aliphatic rings. The molecule has 0 atom stereocenters. The van der Waals surface area contributed by atoms with E-state index in [9.17, 15) is 18.0 Å². The molecule has 1 aromatic carbocycles. The number of rotatable bonds is 4. The molecule has 1 saturated heterocycles. The van der Waals surface area contributed by atoms with E-state index in [4.69, 9.17) is 5.11 Å². The molecule has 124 valence electrons. The highest BCUT2D eigenvalue weighted by atomic mass is 35.5. The third-order valence-electron chi connectivity index (χ3n) is 3.97. The van der Waals surface area contributed by atoms with Gasteiger partial charge in [0.05, 0.1) is 11.5 Å². The average molecular weight is 338 g/mol. The van der Waals surface area contributed by atoms with Crippen molar-refractivity contribution < 1.29 is 23.1 Å². The van der Waals surface area contributed by atoms with Crippen LogP contribution in [0.2, 0.25) is 0 Å². The van der Waals surface area contributed by atoms with Crippen LogP contribution in [0, 0.1) is 5.92 Å². The first kappa shape index (κ1) is 18.8. The van der Waals surface area contributed by atoms with Crippen LogP contribution in [0.25, 0.3) is 0 Å². The maximum Gasteiger partial charge on any atom is 0.391 e. The first-order chi connectivity index (χ1) is 9.86. The fourth-order valence-corrected chi connectivity index (χ4v) is 2.59. The van der Waals surface area contributed by atoms with Crippen molar-refractivity contribution in [2.24, 2.45) is 5.92 Å². The first-order valence-electron chi connectivity index (χ1n) is 6.97. The third kappa shape index (κ3) is 5.18. The Hall–Kier alpha value is -1.27. The molecular weight excluding hydrogens is 319 g/mol. The van der Waals surface area contributed by atoms with Gasteiger partial charge in [-0.1, -0.05) is 12.1 Å². The molecular formula is C15H19ClF3NO2. The van der Waals surface area contributed by atoms with Gasteiger partial charge >= 0.3 is 12.1 Å². The summed E-state index contributed by atoms with van der Waals surface area (Å²) in [6, 6.07) is 6.61. The predicted molar refractivity (Wildman–Crippen MR) is 79.6 cm³/mol. The van der Waals surface area contributed by atoms with Gasteiger partial charge in [-0.05, 0) is 50.0 Å². The van der Waals surface area contributed by atoms with E-state index < -0.39 is 18.1 Å². The maximum atomic E-state index is 12.6. The first-order valence-corrected chi connectivity index (χ1v) is 6.97. The lowest BCUT2D eigenvalue weighted by Crippen LogP contribution is -2.39. The van der Waals surface area contributed by atoms with E-state index in [1.165, 1.54) is 0 Å². The molecule has 1 aliphatic heterocycles. The van der Waals surface area contributed by atoms with Crippen molar-refractivity contribution >= 4 is 18.4 Å². The molecule has 0 unspecified atom stereocenters. The molecule has 1 fully saturated rings. The smallest absolute Gasteiger partial charge is 0.391 e. The van der Waals surface area contributed by atoms with Gasteiger partial charge in [0.2, 0.25) is 0 Å². The standard InChI is InChI=1S/C15H18F3NO2.ClH/c16-15(17,18)13-6-9-19(10-7-13)8-5-11-1-3-12(4-2-11)14(20)21;/h1-4,13H,5-10H2,(H,20,21);1H. The van der Waals surface area contributed by atoms with Gasteiger partial charge in [-0.25, -0.2) is 4.79 Å². The Balaban J connectivity index is 0.00000242. The molecule has 0 spiro atoms. The Morgan fingerprint density at radius 1 is 1.18 bits per heavy atom. The normalized spacial score (nSPS) is 17.0. The Bertz CT molecular complexity index is 483. The fourth-order valence-electron chi connectivity index (χ4n) is 2.59. The van der Waals surface area contributed by atoms with Gasteiger partial charge in [0.1, 0.15) is 0 Å². The lowest BCUT2D eigenvalue weighted by molar-refractivity contribution is -0.185. The van der Waals surface area contributed by atoms with Crippen LogP contribution in [-0.4, -0.2) is 41.8 Å². The summed E-state index contributed by atoms with van der Waals surface area (Å²) in [6.45, 7) is 1.64. The highest BCUT2D eigenvalue weighted by Crippen LogP contribution is 2.34. The Morgan fingerprint density at radius 2 is 1.73 bits per heavy atom. The number of alkyl halides is 3. The predicted octanol–water partition coefficient (Wildman–Crippen LogP) is 3.62. The monoisotopic (exact) mass is 337 g/mol. The molecule has 0 radical (unpaired) electrons. The lowest BCUT2D eigenvalue weighted by atomic mass is 9.96. The van der Waals surface area contributed by atoms with Crippen LogP contribution in [0.5, 0.6) is 0 Å². The van der Waals surface area contributed by atoms with Crippen molar-refractivity contribution in [1.82, 2.24) is 4.90 Å². The second-order valence-corrected chi connectivity index (χ2v) is 5.41. The SMILES string of the molecule is Cl.O=C(O)c1ccc(CCN2CCC(C(F)(F)F)CC2)cc1. The van der Waals surface area contributed by atoms with Crippen LogP contribution in [-0.2, 0) is 6.42 Å². The summed E-state index contributed by atoms with van der Waals surface area (Å²) in [5, 5.41) is 8.80. The van der Waals surface area contributed by atoms with Crippen molar-refractivity contribution in [2.45, 2.75) is 25.4 Å². The maximum absolute atomic E-state index is 12.6.